The van der Waals surface area contributed by atoms with Crippen LogP contribution in [0.15, 0.2) is 34.9 Å². The third-order valence-electron chi connectivity index (χ3n) is 8.83. The van der Waals surface area contributed by atoms with Gasteiger partial charge in [0.25, 0.3) is 0 Å². The Kier molecular flexibility index (Phi) is 10.1. The summed E-state index contributed by atoms with van der Waals surface area (Å²) < 4.78 is 15.2. The number of esters is 1. The van der Waals surface area contributed by atoms with Crippen LogP contribution in [0.5, 0.6) is 0 Å². The molecule has 0 amide bonds. The third-order valence-corrected chi connectivity index (χ3v) is 9.32. The summed E-state index contributed by atoms with van der Waals surface area (Å²) in [5.74, 6) is -0.195. The molecule has 2 fully saturated rings. The topological polar surface area (TPSA) is 83.9 Å². The number of hydrazine groups is 1. The van der Waals surface area contributed by atoms with Crippen molar-refractivity contribution in [2.45, 2.75) is 65.6 Å². The molecule has 2 N–H and O–H groups in total. The van der Waals surface area contributed by atoms with Gasteiger partial charge in [0.05, 0.1) is 36.0 Å². The van der Waals surface area contributed by atoms with Crippen molar-refractivity contribution in [3.8, 4) is 11.3 Å². The van der Waals surface area contributed by atoms with Gasteiger partial charge in [0.15, 0.2) is 0 Å². The SMILES string of the molecule is CCn1c(-c2cc(N3CCN(C)CC3)cnc2[C@H](C)OC)c(CC(C)(C)COC(=O)C2CCCNN2)c2cc(Br)ccc21. The van der Waals surface area contributed by atoms with E-state index in [4.69, 9.17) is 14.5 Å². The van der Waals surface area contributed by atoms with E-state index in [1.165, 1.54) is 16.5 Å². The number of anilines is 1. The third kappa shape index (κ3) is 7.09. The van der Waals surface area contributed by atoms with Gasteiger partial charge in [-0.25, -0.2) is 5.43 Å². The number of pyridine rings is 1. The van der Waals surface area contributed by atoms with Crippen LogP contribution >= 0.6 is 15.9 Å². The molecule has 4 heterocycles. The number of nitrogens with one attached hydrogen (secondary N) is 2. The molecule has 1 aromatic carbocycles. The molecule has 10 heteroatoms. The van der Waals surface area contributed by atoms with E-state index in [-0.39, 0.29) is 23.5 Å². The van der Waals surface area contributed by atoms with Crippen molar-refractivity contribution in [2.75, 3.05) is 58.4 Å². The van der Waals surface area contributed by atoms with Crippen LogP contribution in [0, 0.1) is 5.41 Å². The first-order valence-corrected chi connectivity index (χ1v) is 16.3. The first kappa shape index (κ1) is 31.9. The normalized spacial score (nSPS) is 19.1. The quantitative estimate of drug-likeness (QED) is 0.285. The number of carbonyl (C=O) groups is 1. The number of hydrogen-bond donors (Lipinski definition) is 2. The highest BCUT2D eigenvalue weighted by Gasteiger charge is 2.31. The fourth-order valence-corrected chi connectivity index (χ4v) is 6.64. The summed E-state index contributed by atoms with van der Waals surface area (Å²) in [5.41, 5.74) is 12.6. The number of aromatic nitrogens is 2. The Morgan fingerprint density at radius 1 is 1.21 bits per heavy atom. The molecule has 0 saturated carbocycles. The van der Waals surface area contributed by atoms with Gasteiger partial charge in [-0.05, 0) is 70.0 Å². The van der Waals surface area contributed by atoms with E-state index >= 15 is 0 Å². The van der Waals surface area contributed by atoms with Crippen molar-refractivity contribution in [3.05, 3.63) is 46.2 Å². The molecule has 0 spiro atoms. The number of hydrogen-bond acceptors (Lipinski definition) is 8. The van der Waals surface area contributed by atoms with Crippen LogP contribution < -0.4 is 15.8 Å². The summed E-state index contributed by atoms with van der Waals surface area (Å²) in [6, 6.07) is 8.54. The van der Waals surface area contributed by atoms with Crippen molar-refractivity contribution < 1.29 is 14.3 Å². The van der Waals surface area contributed by atoms with E-state index in [1.54, 1.807) is 7.11 Å². The Hall–Kier alpha value is -2.50. The number of aryl methyl sites for hydroxylation is 1. The van der Waals surface area contributed by atoms with Crippen molar-refractivity contribution >= 4 is 38.5 Å². The Morgan fingerprint density at radius 2 is 1.98 bits per heavy atom. The molecule has 1 unspecified atom stereocenters. The molecule has 234 valence electrons. The molecule has 0 radical (unpaired) electrons. The summed E-state index contributed by atoms with van der Waals surface area (Å²) in [4.78, 5) is 22.7. The smallest absolute Gasteiger partial charge is 0.324 e. The molecule has 2 aromatic heterocycles. The lowest BCUT2D eigenvalue weighted by molar-refractivity contribution is -0.150. The molecule has 2 aliphatic heterocycles. The minimum absolute atomic E-state index is 0.176. The van der Waals surface area contributed by atoms with Crippen molar-refractivity contribution in [3.63, 3.8) is 0 Å². The molecule has 3 aromatic rings. The number of halogens is 1. The van der Waals surface area contributed by atoms with Crippen LogP contribution in [0.25, 0.3) is 22.2 Å². The number of rotatable bonds is 10. The van der Waals surface area contributed by atoms with Crippen LogP contribution in [-0.4, -0.2) is 80.0 Å². The predicted octanol–water partition coefficient (Wildman–Crippen LogP) is 5.31. The first-order chi connectivity index (χ1) is 20.6. The number of methoxy groups -OCH3 is 1. The van der Waals surface area contributed by atoms with Crippen LogP contribution in [0.2, 0.25) is 0 Å². The van der Waals surface area contributed by atoms with Crippen LogP contribution in [0.4, 0.5) is 5.69 Å². The lowest BCUT2D eigenvalue weighted by Gasteiger charge is -2.34. The Bertz CT molecular complexity index is 1430. The summed E-state index contributed by atoms with van der Waals surface area (Å²) >= 11 is 3.74. The average molecular weight is 656 g/mol. The molecule has 43 heavy (non-hydrogen) atoms. The minimum Gasteiger partial charge on any atom is -0.464 e. The molecule has 0 bridgehead atoms. The standard InChI is InChI=1S/C33H47BrN6O3/c1-7-40-29-11-10-23(34)17-25(29)27(19-33(3,4)21-43-32(41)28-9-8-12-36-37-28)31(40)26-18-24(20-35-30(26)22(2)42-6)39-15-13-38(5)14-16-39/h10-11,17-18,20,22,28,36-37H,7-9,12-16,19,21H2,1-6H3/t22-,28?/m0/s1. The van der Waals surface area contributed by atoms with Crippen LogP contribution in [0.1, 0.15) is 57.9 Å². The van der Waals surface area contributed by atoms with Crippen LogP contribution in [-0.2, 0) is 27.2 Å². The van der Waals surface area contributed by atoms with Gasteiger partial charge in [-0.2, -0.15) is 0 Å². The van der Waals surface area contributed by atoms with E-state index < -0.39 is 0 Å². The van der Waals surface area contributed by atoms with E-state index in [0.29, 0.717) is 6.61 Å². The Balaban J connectivity index is 1.59. The summed E-state index contributed by atoms with van der Waals surface area (Å²) in [7, 11) is 3.92. The van der Waals surface area contributed by atoms with Gasteiger partial charge in [0, 0.05) is 72.7 Å². The fourth-order valence-electron chi connectivity index (χ4n) is 6.27. The van der Waals surface area contributed by atoms with Gasteiger partial charge in [0.1, 0.15) is 6.04 Å². The minimum atomic E-state index is -0.308. The number of nitrogens with zero attached hydrogens (tertiary/aromatic N) is 4. The fraction of sp³-hybridized carbons (Fsp3) is 0.576. The van der Waals surface area contributed by atoms with Gasteiger partial charge in [0.2, 0.25) is 0 Å². The van der Waals surface area contributed by atoms with E-state index in [9.17, 15) is 4.79 Å². The first-order valence-electron chi connectivity index (χ1n) is 15.5. The molecule has 0 aliphatic carbocycles. The van der Waals surface area contributed by atoms with Crippen molar-refractivity contribution in [1.82, 2.24) is 25.3 Å². The van der Waals surface area contributed by atoms with Gasteiger partial charge in [-0.1, -0.05) is 29.8 Å². The van der Waals surface area contributed by atoms with Gasteiger partial charge in [-0.15, -0.1) is 0 Å². The van der Waals surface area contributed by atoms with Gasteiger partial charge >= 0.3 is 5.97 Å². The van der Waals surface area contributed by atoms with Gasteiger partial charge < -0.3 is 23.8 Å². The lowest BCUT2D eigenvalue weighted by Crippen LogP contribution is -2.50. The molecule has 2 atom stereocenters. The number of piperazine rings is 1. The number of likely N-dealkylation sites (N-methyl/N-ethyl adjacent to an activating group) is 1. The highest BCUT2D eigenvalue weighted by Crippen LogP contribution is 2.42. The summed E-state index contributed by atoms with van der Waals surface area (Å²) in [6.45, 7) is 14.6. The number of fused-ring (bicyclic) bond motifs is 1. The number of ether oxygens (including phenoxy) is 2. The average Bonchev–Trinajstić information content (AvgIpc) is 3.31. The van der Waals surface area contributed by atoms with Crippen molar-refractivity contribution in [2.24, 2.45) is 5.41 Å². The second kappa shape index (κ2) is 13.6. The van der Waals surface area contributed by atoms with Crippen LogP contribution in [0.3, 0.4) is 0 Å². The lowest BCUT2D eigenvalue weighted by atomic mass is 9.84. The maximum absolute atomic E-state index is 12.9. The number of benzene rings is 1. The zero-order valence-corrected chi connectivity index (χ0v) is 28.1. The molecule has 5 rings (SSSR count). The second-order valence-corrected chi connectivity index (χ2v) is 13.7. The predicted molar refractivity (Wildman–Crippen MR) is 176 cm³/mol. The summed E-state index contributed by atoms with van der Waals surface area (Å²) in [5, 5.41) is 1.20. The molecule has 9 nitrogen and oxygen atoms in total. The highest BCUT2D eigenvalue weighted by molar-refractivity contribution is 9.10. The van der Waals surface area contributed by atoms with E-state index in [2.05, 4.69) is 100 Å². The molecular formula is C33H47BrN6O3. The Labute approximate surface area is 264 Å². The molecular weight excluding hydrogens is 608 g/mol. The Morgan fingerprint density at radius 3 is 2.65 bits per heavy atom. The van der Waals surface area contributed by atoms with Gasteiger partial charge in [-0.3, -0.25) is 15.2 Å². The summed E-state index contributed by atoms with van der Waals surface area (Å²) in [6.07, 6.45) is 4.29. The zero-order valence-electron chi connectivity index (χ0n) is 26.5. The largest absolute Gasteiger partial charge is 0.464 e. The second-order valence-electron chi connectivity index (χ2n) is 12.7. The molecule has 2 aliphatic rings. The van der Waals surface area contributed by atoms with Crippen molar-refractivity contribution in [1.29, 1.82) is 0 Å². The van der Waals surface area contributed by atoms with E-state index in [0.717, 1.165) is 85.6 Å². The number of carbonyl (C=O) groups excluding carboxylic acids is 1. The highest BCUT2D eigenvalue weighted by atomic mass is 79.9. The zero-order chi connectivity index (χ0) is 30.7. The monoisotopic (exact) mass is 654 g/mol. The maximum Gasteiger partial charge on any atom is 0.324 e. The molecule has 2 saturated heterocycles. The maximum atomic E-state index is 12.9. The van der Waals surface area contributed by atoms with E-state index in [1.807, 2.05) is 6.20 Å².